The number of rotatable bonds is 11. The van der Waals surface area contributed by atoms with Crippen molar-refractivity contribution in [3.8, 4) is 0 Å². The summed E-state index contributed by atoms with van der Waals surface area (Å²) in [7, 11) is 1.90. The smallest absolute Gasteiger partial charge is 0.400 e. The molecule has 2 rings (SSSR count). The van der Waals surface area contributed by atoms with E-state index in [0.29, 0.717) is 17.2 Å². The number of halogens is 3. The number of thiophene rings is 1. The quantitative estimate of drug-likeness (QED) is 0.0874. The summed E-state index contributed by atoms with van der Waals surface area (Å²) in [4.78, 5) is 34.6. The van der Waals surface area contributed by atoms with E-state index in [1.165, 1.54) is 11.3 Å². The van der Waals surface area contributed by atoms with Gasteiger partial charge in [0.2, 0.25) is 0 Å². The maximum atomic E-state index is 13.0. The molecule has 42 heavy (non-hydrogen) atoms. The van der Waals surface area contributed by atoms with Crippen molar-refractivity contribution in [3.63, 3.8) is 0 Å². The number of ketones is 1. The Balaban J connectivity index is 0.000000495. The van der Waals surface area contributed by atoms with Crippen LogP contribution in [0.25, 0.3) is 0 Å². The van der Waals surface area contributed by atoms with Gasteiger partial charge >= 0.3 is 6.18 Å². The van der Waals surface area contributed by atoms with Gasteiger partial charge < -0.3 is 15.7 Å². The Kier molecular flexibility index (Phi) is 14.7. The topological polar surface area (TPSA) is 108 Å². The zero-order chi connectivity index (χ0) is 32.1. The molecule has 1 aliphatic heterocycles. The largest absolute Gasteiger partial charge is 0.511 e. The average molecular weight is 609 g/mol. The number of unbranched alkanes of at least 4 members (excludes halogenated alkanes) is 2. The van der Waals surface area contributed by atoms with Gasteiger partial charge in [0, 0.05) is 41.4 Å². The van der Waals surface area contributed by atoms with Crippen LogP contribution in [-0.4, -0.2) is 47.0 Å². The minimum Gasteiger partial charge on any atom is -0.511 e. The fourth-order valence-electron chi connectivity index (χ4n) is 3.70. The number of aliphatic hydroxyl groups is 1. The maximum Gasteiger partial charge on any atom is 0.400 e. The number of allylic oxidation sites excluding steroid dienone is 5. The van der Waals surface area contributed by atoms with Crippen LogP contribution in [0.2, 0.25) is 0 Å². The molecule has 1 aromatic rings. The van der Waals surface area contributed by atoms with Crippen LogP contribution in [0.5, 0.6) is 0 Å². The summed E-state index contributed by atoms with van der Waals surface area (Å²) in [6.45, 7) is 9.35. The number of amides is 1. The normalized spacial score (nSPS) is 15.6. The number of carbonyl (C=O) groups excluding carboxylic acids is 2. The number of Topliss-reactive ketones (excluding diaryl/α,β-unsaturated/α-hetero) is 1. The van der Waals surface area contributed by atoms with Gasteiger partial charge in [0.05, 0.1) is 17.5 Å². The van der Waals surface area contributed by atoms with Gasteiger partial charge in [-0.1, -0.05) is 45.8 Å². The Bertz CT molecular complexity index is 1270. The monoisotopic (exact) mass is 608 g/mol. The van der Waals surface area contributed by atoms with Crippen LogP contribution < -0.4 is 5.73 Å². The number of aliphatic imine (C=N–C) groups is 2. The van der Waals surface area contributed by atoms with Gasteiger partial charge in [0.25, 0.3) is 5.91 Å². The predicted octanol–water partition coefficient (Wildman–Crippen LogP) is 7.85. The molecular formula is C31H43F3N4O3S. The van der Waals surface area contributed by atoms with Crippen molar-refractivity contribution in [2.45, 2.75) is 86.2 Å². The van der Waals surface area contributed by atoms with E-state index in [9.17, 15) is 27.9 Å². The third-order valence-electron chi connectivity index (χ3n) is 6.56. The third kappa shape index (κ3) is 10.4. The minimum absolute atomic E-state index is 0.0586. The second-order valence-corrected chi connectivity index (χ2v) is 11.2. The molecule has 1 aromatic heterocycles. The van der Waals surface area contributed by atoms with Gasteiger partial charge in [-0.3, -0.25) is 14.6 Å². The molecule has 0 unspecified atom stereocenters. The van der Waals surface area contributed by atoms with Crippen LogP contribution in [0.4, 0.5) is 13.2 Å². The van der Waals surface area contributed by atoms with E-state index in [2.05, 4.69) is 16.9 Å². The van der Waals surface area contributed by atoms with Gasteiger partial charge in [-0.05, 0) is 52.0 Å². The Hall–Kier alpha value is -3.47. The highest BCUT2D eigenvalue weighted by molar-refractivity contribution is 7.10. The van der Waals surface area contributed by atoms with Gasteiger partial charge in [-0.2, -0.15) is 18.2 Å². The first-order chi connectivity index (χ1) is 19.6. The van der Waals surface area contributed by atoms with E-state index in [0.717, 1.165) is 68.5 Å². The summed E-state index contributed by atoms with van der Waals surface area (Å²) in [5, 5.41) is 11.5. The van der Waals surface area contributed by atoms with Crippen LogP contribution in [0, 0.1) is 5.41 Å². The molecule has 11 heteroatoms. The lowest BCUT2D eigenvalue weighted by Crippen LogP contribution is -2.34. The molecule has 7 nitrogen and oxygen atoms in total. The van der Waals surface area contributed by atoms with Crippen LogP contribution in [0.15, 0.2) is 63.0 Å². The number of aliphatic hydroxyl groups excluding tert-OH is 1. The summed E-state index contributed by atoms with van der Waals surface area (Å²) in [6.07, 6.45) is 10.6. The zero-order valence-electron chi connectivity index (χ0n) is 25.5. The maximum absolute atomic E-state index is 13.0. The fourth-order valence-corrected chi connectivity index (χ4v) is 4.73. The van der Waals surface area contributed by atoms with Crippen molar-refractivity contribution in [1.82, 2.24) is 4.90 Å². The number of nitrogens with two attached hydrogens (primary N) is 1. The van der Waals surface area contributed by atoms with Gasteiger partial charge in [-0.15, -0.1) is 11.3 Å². The Morgan fingerprint density at radius 3 is 2.38 bits per heavy atom. The molecule has 1 amide bonds. The second-order valence-electron chi connectivity index (χ2n) is 10.2. The molecular weight excluding hydrogens is 565 g/mol. The molecule has 2 heterocycles. The van der Waals surface area contributed by atoms with E-state index >= 15 is 0 Å². The van der Waals surface area contributed by atoms with Gasteiger partial charge in [0.1, 0.15) is 17.0 Å². The average Bonchev–Trinajstić information content (AvgIpc) is 3.32. The van der Waals surface area contributed by atoms with Crippen LogP contribution in [-0.2, 0) is 17.6 Å². The highest BCUT2D eigenvalue weighted by Crippen LogP contribution is 2.42. The number of nitrogens with zero attached hydrogens (tertiary/aromatic N) is 3. The minimum atomic E-state index is -4.66. The van der Waals surface area contributed by atoms with E-state index in [4.69, 9.17) is 5.73 Å². The number of hydrogen-bond donors (Lipinski definition) is 2. The number of hydrogen-bond acceptors (Lipinski definition) is 6. The van der Waals surface area contributed by atoms with Crippen LogP contribution >= 0.6 is 11.3 Å². The summed E-state index contributed by atoms with van der Waals surface area (Å²) < 4.78 is 38.9. The van der Waals surface area contributed by atoms with Crippen molar-refractivity contribution in [2.24, 2.45) is 21.1 Å². The van der Waals surface area contributed by atoms with E-state index < -0.39 is 29.1 Å². The standard InChI is InChI=1S/C19H27F3N2O2S.C12H16N2O/c1-5-7-8-9-12-13(11-27-14(12)6-2)17(26)24-16(23)10-15(25)18(3,4)19(20,21)22;1-4-5-6-11(10(2)15)12-9-13-7-8-14(12)3/h10-11,25H,5-9H2,1-4H3,(H2,23,24,26);5-9H,4H2,1-3H3/b15-10-;6-5-,12-11+. The molecule has 3 N–H and O–H groups in total. The lowest BCUT2D eigenvalue weighted by molar-refractivity contribution is -0.206. The van der Waals surface area contributed by atoms with Crippen LogP contribution in [0.1, 0.15) is 88.0 Å². The highest BCUT2D eigenvalue weighted by Gasteiger charge is 2.50. The molecule has 0 aromatic carbocycles. The summed E-state index contributed by atoms with van der Waals surface area (Å²) >= 11 is 1.47. The summed E-state index contributed by atoms with van der Waals surface area (Å²) in [5.41, 5.74) is 6.01. The first-order valence-electron chi connectivity index (χ1n) is 13.9. The van der Waals surface area contributed by atoms with Crippen molar-refractivity contribution in [3.05, 3.63) is 69.0 Å². The molecule has 1 aliphatic rings. The number of amidine groups is 1. The molecule has 0 aliphatic carbocycles. The molecule has 0 saturated carbocycles. The van der Waals surface area contributed by atoms with Crippen molar-refractivity contribution in [2.75, 3.05) is 7.05 Å². The van der Waals surface area contributed by atoms with E-state index in [1.54, 1.807) is 24.7 Å². The zero-order valence-corrected chi connectivity index (χ0v) is 26.3. The lowest BCUT2D eigenvalue weighted by atomic mass is 9.89. The lowest BCUT2D eigenvalue weighted by Gasteiger charge is -2.26. The van der Waals surface area contributed by atoms with Crippen molar-refractivity contribution >= 4 is 35.1 Å². The van der Waals surface area contributed by atoms with Gasteiger partial charge in [-0.25, -0.2) is 0 Å². The molecule has 0 fully saturated rings. The van der Waals surface area contributed by atoms with Crippen LogP contribution in [0.3, 0.4) is 0 Å². The van der Waals surface area contributed by atoms with E-state index in [-0.39, 0.29) is 5.78 Å². The molecule has 0 spiro atoms. The first-order valence-corrected chi connectivity index (χ1v) is 14.8. The molecule has 0 bridgehead atoms. The molecule has 232 valence electrons. The molecule has 0 saturated heterocycles. The number of alkyl halides is 3. The fraction of sp³-hybridized carbons (Fsp3) is 0.484. The Morgan fingerprint density at radius 2 is 1.86 bits per heavy atom. The third-order valence-corrected chi connectivity index (χ3v) is 7.73. The summed E-state index contributed by atoms with van der Waals surface area (Å²) in [5.74, 6) is -2.00. The van der Waals surface area contributed by atoms with E-state index in [1.807, 2.05) is 44.1 Å². The molecule has 0 atom stereocenters. The predicted molar refractivity (Wildman–Crippen MR) is 166 cm³/mol. The Morgan fingerprint density at radius 1 is 1.19 bits per heavy atom. The SMILES string of the molecule is CC/C=C\C(C(C)=O)=C1\C=NC=CN1C.CCCCCc1c(C(=O)N=C(N)/C=C(\O)C(C)(C)C(F)(F)F)csc1CC. The first kappa shape index (κ1) is 36.6. The number of aryl methyl sites for hydroxylation is 1. The second kappa shape index (κ2) is 16.8. The number of carbonyl (C=O) groups is 2. The van der Waals surface area contributed by atoms with Crippen molar-refractivity contribution in [1.29, 1.82) is 0 Å². The van der Waals surface area contributed by atoms with Crippen molar-refractivity contribution < 1.29 is 27.9 Å². The summed E-state index contributed by atoms with van der Waals surface area (Å²) in [6, 6.07) is 0. The highest BCUT2D eigenvalue weighted by atomic mass is 32.1. The molecule has 0 radical (unpaired) electrons. The van der Waals surface area contributed by atoms with Gasteiger partial charge in [0.15, 0.2) is 5.78 Å². The Labute approximate surface area is 251 Å².